The summed E-state index contributed by atoms with van der Waals surface area (Å²) in [6.07, 6.45) is -4.25. The van der Waals surface area contributed by atoms with Crippen LogP contribution < -0.4 is 0 Å². The molecule has 0 aromatic heterocycles. The molecule has 2 atom stereocenters. The highest BCUT2D eigenvalue weighted by Gasteiger charge is 2.45. The van der Waals surface area contributed by atoms with Crippen molar-refractivity contribution in [1.29, 1.82) is 5.26 Å². The fourth-order valence-electron chi connectivity index (χ4n) is 1.86. The molecule has 0 amide bonds. The molecule has 96 valence electrons. The fourth-order valence-corrected chi connectivity index (χ4v) is 1.86. The number of hydrogen-bond donors (Lipinski definition) is 1. The lowest BCUT2D eigenvalue weighted by molar-refractivity contribution is -0.162. The average molecular weight is 250 g/mol. The van der Waals surface area contributed by atoms with Crippen LogP contribution in [0.5, 0.6) is 0 Å². The first-order valence-electron chi connectivity index (χ1n) is 5.11. The second kappa shape index (κ2) is 4.53. The number of nitriles is 1. The van der Waals surface area contributed by atoms with Crippen LogP contribution in [0, 0.1) is 22.7 Å². The summed E-state index contributed by atoms with van der Waals surface area (Å²) in [4.78, 5) is 12.3. The van der Waals surface area contributed by atoms with Crippen LogP contribution in [-0.4, -0.2) is 41.8 Å². The Morgan fingerprint density at radius 3 is 2.59 bits per heavy atom. The van der Waals surface area contributed by atoms with E-state index in [2.05, 4.69) is 0 Å². The molecule has 2 unspecified atom stereocenters. The average Bonchev–Trinajstić information content (AvgIpc) is 2.56. The molecule has 0 aromatic rings. The number of alkyl halides is 3. The number of carboxylic acid groups (broad SMARTS) is 1. The van der Waals surface area contributed by atoms with Crippen LogP contribution in [0.15, 0.2) is 0 Å². The quantitative estimate of drug-likeness (QED) is 0.824. The molecule has 0 spiro atoms. The first-order valence-corrected chi connectivity index (χ1v) is 5.11. The van der Waals surface area contributed by atoms with Gasteiger partial charge in [0.25, 0.3) is 0 Å². The van der Waals surface area contributed by atoms with Gasteiger partial charge in [-0.1, -0.05) is 0 Å². The summed E-state index contributed by atoms with van der Waals surface area (Å²) in [6.45, 7) is 1.38. The van der Waals surface area contributed by atoms with E-state index in [9.17, 15) is 18.0 Å². The Bertz CT molecular complexity index is 350. The van der Waals surface area contributed by atoms with Crippen molar-refractivity contribution in [1.82, 2.24) is 4.90 Å². The Kier molecular flexibility index (Phi) is 3.67. The summed E-state index contributed by atoms with van der Waals surface area (Å²) in [5.41, 5.74) is -1.01. The van der Waals surface area contributed by atoms with Gasteiger partial charge in [-0.15, -0.1) is 0 Å². The van der Waals surface area contributed by atoms with Crippen molar-refractivity contribution in [3.8, 4) is 6.07 Å². The third kappa shape index (κ3) is 3.09. The number of hydrogen-bond acceptors (Lipinski definition) is 3. The molecule has 1 aliphatic heterocycles. The Hall–Kier alpha value is -1.29. The van der Waals surface area contributed by atoms with Crippen molar-refractivity contribution in [3.05, 3.63) is 0 Å². The minimum Gasteiger partial charge on any atom is -0.481 e. The monoisotopic (exact) mass is 250 g/mol. The molecule has 1 fully saturated rings. The van der Waals surface area contributed by atoms with Crippen LogP contribution >= 0.6 is 0 Å². The van der Waals surface area contributed by atoms with Gasteiger partial charge in [-0.3, -0.25) is 4.79 Å². The zero-order chi connectivity index (χ0) is 13.3. The highest BCUT2D eigenvalue weighted by molar-refractivity contribution is 5.74. The molecule has 0 aromatic carbocycles. The van der Waals surface area contributed by atoms with E-state index in [-0.39, 0.29) is 13.1 Å². The Morgan fingerprint density at radius 2 is 2.24 bits per heavy atom. The highest BCUT2D eigenvalue weighted by Crippen LogP contribution is 2.33. The summed E-state index contributed by atoms with van der Waals surface area (Å²) < 4.78 is 37.1. The smallest absolute Gasteiger partial charge is 0.405 e. The molecule has 1 aliphatic rings. The van der Waals surface area contributed by atoms with Gasteiger partial charge in [0.05, 0.1) is 11.5 Å². The van der Waals surface area contributed by atoms with Gasteiger partial charge in [0.2, 0.25) is 0 Å². The third-order valence-corrected chi connectivity index (χ3v) is 3.06. The molecule has 4 nitrogen and oxygen atoms in total. The first-order chi connectivity index (χ1) is 7.69. The standard InChI is InChI=1S/C10H13F3N2O2/c1-9(8(16)17)2-3-15(6-9)5-7(4-14)10(11,12)13/h7H,2-3,5-6H2,1H3,(H,16,17). The predicted octanol–water partition coefficient (Wildman–Crippen LogP) is 1.49. The van der Waals surface area contributed by atoms with Crippen LogP contribution in [0.2, 0.25) is 0 Å². The molecule has 7 heteroatoms. The zero-order valence-corrected chi connectivity index (χ0v) is 9.29. The Labute approximate surface area is 96.6 Å². The van der Waals surface area contributed by atoms with Gasteiger partial charge in [0.1, 0.15) is 0 Å². The van der Waals surface area contributed by atoms with Crippen molar-refractivity contribution in [2.24, 2.45) is 11.3 Å². The van der Waals surface area contributed by atoms with Gasteiger partial charge in [-0.25, -0.2) is 0 Å². The molecule has 0 radical (unpaired) electrons. The van der Waals surface area contributed by atoms with Crippen molar-refractivity contribution in [3.63, 3.8) is 0 Å². The van der Waals surface area contributed by atoms with Gasteiger partial charge in [0, 0.05) is 13.1 Å². The number of halogens is 3. The molecular formula is C10H13F3N2O2. The van der Waals surface area contributed by atoms with E-state index in [0.29, 0.717) is 6.42 Å². The number of nitrogens with zero attached hydrogens (tertiary/aromatic N) is 2. The normalized spacial score (nSPS) is 27.7. The minimum atomic E-state index is -4.56. The van der Waals surface area contributed by atoms with E-state index in [1.54, 1.807) is 0 Å². The lowest BCUT2D eigenvalue weighted by Gasteiger charge is -2.22. The van der Waals surface area contributed by atoms with Gasteiger partial charge in [-0.2, -0.15) is 18.4 Å². The number of carbonyl (C=O) groups is 1. The molecule has 1 heterocycles. The lowest BCUT2D eigenvalue weighted by atomic mass is 9.90. The Balaban J connectivity index is 2.62. The van der Waals surface area contributed by atoms with Crippen molar-refractivity contribution >= 4 is 5.97 Å². The van der Waals surface area contributed by atoms with E-state index < -0.39 is 30.0 Å². The first kappa shape index (κ1) is 13.8. The summed E-state index contributed by atoms with van der Waals surface area (Å²) in [5, 5.41) is 17.4. The van der Waals surface area contributed by atoms with E-state index in [0.717, 1.165) is 0 Å². The Morgan fingerprint density at radius 1 is 1.65 bits per heavy atom. The predicted molar refractivity (Wildman–Crippen MR) is 52.0 cm³/mol. The van der Waals surface area contributed by atoms with Crippen LogP contribution in [0.25, 0.3) is 0 Å². The molecule has 17 heavy (non-hydrogen) atoms. The molecule has 1 rings (SSSR count). The van der Waals surface area contributed by atoms with Crippen molar-refractivity contribution < 1.29 is 23.1 Å². The number of carboxylic acids is 1. The maximum absolute atomic E-state index is 12.4. The maximum atomic E-state index is 12.4. The number of likely N-dealkylation sites (tertiary alicyclic amines) is 1. The topological polar surface area (TPSA) is 64.3 Å². The van der Waals surface area contributed by atoms with Crippen molar-refractivity contribution in [2.45, 2.75) is 19.5 Å². The van der Waals surface area contributed by atoms with E-state index >= 15 is 0 Å². The zero-order valence-electron chi connectivity index (χ0n) is 9.29. The van der Waals surface area contributed by atoms with E-state index in [4.69, 9.17) is 10.4 Å². The van der Waals surface area contributed by atoms with Crippen LogP contribution in [0.1, 0.15) is 13.3 Å². The second-order valence-corrected chi connectivity index (χ2v) is 4.57. The summed E-state index contributed by atoms with van der Waals surface area (Å²) in [6, 6.07) is 1.21. The van der Waals surface area contributed by atoms with Crippen molar-refractivity contribution in [2.75, 3.05) is 19.6 Å². The second-order valence-electron chi connectivity index (χ2n) is 4.57. The van der Waals surface area contributed by atoms with Gasteiger partial charge < -0.3 is 10.0 Å². The fraction of sp³-hybridized carbons (Fsp3) is 0.800. The maximum Gasteiger partial charge on any atom is 0.405 e. The highest BCUT2D eigenvalue weighted by atomic mass is 19.4. The molecule has 0 saturated carbocycles. The van der Waals surface area contributed by atoms with Gasteiger partial charge in [0.15, 0.2) is 5.92 Å². The van der Waals surface area contributed by atoms with Gasteiger partial charge in [-0.05, 0) is 19.9 Å². The third-order valence-electron chi connectivity index (χ3n) is 3.06. The molecule has 0 aliphatic carbocycles. The summed E-state index contributed by atoms with van der Waals surface area (Å²) >= 11 is 0. The molecule has 1 saturated heterocycles. The minimum absolute atomic E-state index is 0.0522. The molecule has 1 N–H and O–H groups in total. The SMILES string of the molecule is CC1(C(=O)O)CCN(CC(C#N)C(F)(F)F)C1. The van der Waals surface area contributed by atoms with Crippen LogP contribution in [0.3, 0.4) is 0 Å². The molecule has 0 bridgehead atoms. The van der Waals surface area contributed by atoms with E-state index in [1.165, 1.54) is 17.9 Å². The van der Waals surface area contributed by atoms with Crippen LogP contribution in [-0.2, 0) is 4.79 Å². The number of aliphatic carboxylic acids is 1. The number of rotatable bonds is 3. The summed E-state index contributed by atoms with van der Waals surface area (Å²) in [7, 11) is 0. The lowest BCUT2D eigenvalue weighted by Crippen LogP contribution is -2.37. The van der Waals surface area contributed by atoms with Crippen LogP contribution in [0.4, 0.5) is 13.2 Å². The summed E-state index contributed by atoms with van der Waals surface area (Å²) in [5.74, 6) is -3.07. The van der Waals surface area contributed by atoms with E-state index in [1.807, 2.05) is 0 Å². The largest absolute Gasteiger partial charge is 0.481 e. The molecular weight excluding hydrogens is 237 g/mol. The van der Waals surface area contributed by atoms with Gasteiger partial charge >= 0.3 is 12.1 Å².